The summed E-state index contributed by atoms with van der Waals surface area (Å²) in [4.78, 5) is 22.0. The van der Waals surface area contributed by atoms with Gasteiger partial charge in [0.1, 0.15) is 5.75 Å². The highest BCUT2D eigenvalue weighted by atomic mass is 19.4. The second-order valence-electron chi connectivity index (χ2n) is 4.46. The number of esters is 1. The molecule has 0 heterocycles. The van der Waals surface area contributed by atoms with Crippen LogP contribution in [0.4, 0.5) is 13.2 Å². The number of carboxylic acids is 1. The summed E-state index contributed by atoms with van der Waals surface area (Å²) in [6, 6.07) is 3.11. The van der Waals surface area contributed by atoms with E-state index in [9.17, 15) is 27.9 Å². The van der Waals surface area contributed by atoms with Crippen LogP contribution >= 0.6 is 0 Å². The Kier molecular flexibility index (Phi) is 6.38. The molecule has 1 aromatic carbocycles. The minimum absolute atomic E-state index is 0.0386. The van der Waals surface area contributed by atoms with Crippen molar-refractivity contribution < 1.29 is 42.4 Å². The summed E-state index contributed by atoms with van der Waals surface area (Å²) >= 11 is 0. The first-order valence-corrected chi connectivity index (χ1v) is 6.59. The molecule has 0 aliphatic heterocycles. The molecule has 0 saturated carbocycles. The summed E-state index contributed by atoms with van der Waals surface area (Å²) in [6.45, 7) is 1.74. The van der Waals surface area contributed by atoms with E-state index in [0.29, 0.717) is 0 Å². The fourth-order valence-corrected chi connectivity index (χ4v) is 1.78. The summed E-state index contributed by atoms with van der Waals surface area (Å²) < 4.78 is 45.8. The maximum absolute atomic E-state index is 12.4. The highest BCUT2D eigenvalue weighted by Crippen LogP contribution is 2.30. The molecule has 0 aliphatic rings. The van der Waals surface area contributed by atoms with Crippen LogP contribution in [-0.2, 0) is 20.7 Å². The molecule has 1 unspecified atom stereocenters. The Balaban J connectivity index is 3.03. The van der Waals surface area contributed by atoms with Crippen molar-refractivity contribution in [2.24, 2.45) is 0 Å². The first kappa shape index (κ1) is 18.8. The predicted octanol–water partition coefficient (Wildman–Crippen LogP) is 2.20. The molecule has 0 radical (unpaired) electrons. The molecule has 0 amide bonds. The number of aliphatic hydroxyl groups excluding tert-OH is 1. The van der Waals surface area contributed by atoms with Gasteiger partial charge in [-0.25, -0.2) is 4.79 Å². The predicted molar refractivity (Wildman–Crippen MR) is 70.7 cm³/mol. The molecule has 128 valence electrons. The van der Waals surface area contributed by atoms with Crippen LogP contribution in [0.15, 0.2) is 18.2 Å². The standard InChI is InChI=1S/C14H15F3O6/c1-2-22-11(18)6-5-8-3-4-9(12(19)13(20)21)7-10(8)23-14(15,16)17/h3-4,7,12,19H,2,5-6H2,1H3,(H,20,21). The van der Waals surface area contributed by atoms with Crippen molar-refractivity contribution in [3.8, 4) is 5.75 Å². The Morgan fingerprint density at radius 1 is 1.30 bits per heavy atom. The maximum Gasteiger partial charge on any atom is 0.573 e. The first-order chi connectivity index (χ1) is 10.6. The van der Waals surface area contributed by atoms with E-state index in [1.165, 1.54) is 6.07 Å². The first-order valence-electron chi connectivity index (χ1n) is 6.59. The zero-order valence-corrected chi connectivity index (χ0v) is 12.1. The zero-order valence-electron chi connectivity index (χ0n) is 12.1. The van der Waals surface area contributed by atoms with Crippen LogP contribution in [0.1, 0.15) is 30.6 Å². The monoisotopic (exact) mass is 336 g/mol. The van der Waals surface area contributed by atoms with Gasteiger partial charge in [0.15, 0.2) is 6.10 Å². The lowest BCUT2D eigenvalue weighted by Crippen LogP contribution is -2.19. The minimum Gasteiger partial charge on any atom is -0.479 e. The summed E-state index contributed by atoms with van der Waals surface area (Å²) in [6.07, 6.45) is -7.23. The Morgan fingerprint density at radius 3 is 2.48 bits per heavy atom. The molecule has 1 aromatic rings. The second-order valence-corrected chi connectivity index (χ2v) is 4.46. The topological polar surface area (TPSA) is 93.1 Å². The summed E-state index contributed by atoms with van der Waals surface area (Å²) in [5, 5.41) is 18.1. The zero-order chi connectivity index (χ0) is 17.6. The Hall–Kier alpha value is -2.29. The van der Waals surface area contributed by atoms with Gasteiger partial charge < -0.3 is 19.7 Å². The van der Waals surface area contributed by atoms with E-state index in [0.717, 1.165) is 12.1 Å². The molecule has 9 heteroatoms. The molecule has 6 nitrogen and oxygen atoms in total. The number of hydrogen-bond donors (Lipinski definition) is 2. The van der Waals surface area contributed by atoms with Gasteiger partial charge in [0.2, 0.25) is 0 Å². The van der Waals surface area contributed by atoms with Crippen molar-refractivity contribution in [1.82, 2.24) is 0 Å². The summed E-state index contributed by atoms with van der Waals surface area (Å²) in [7, 11) is 0. The fraction of sp³-hybridized carbons (Fsp3) is 0.429. The Bertz CT molecular complexity index is 570. The fourth-order valence-electron chi connectivity index (χ4n) is 1.78. The van der Waals surface area contributed by atoms with Crippen LogP contribution in [0.25, 0.3) is 0 Å². The van der Waals surface area contributed by atoms with Gasteiger partial charge in [-0.3, -0.25) is 4.79 Å². The highest BCUT2D eigenvalue weighted by Gasteiger charge is 2.32. The van der Waals surface area contributed by atoms with E-state index < -0.39 is 30.2 Å². The summed E-state index contributed by atoms with van der Waals surface area (Å²) in [5.74, 6) is -2.86. The van der Waals surface area contributed by atoms with Crippen molar-refractivity contribution in [1.29, 1.82) is 0 Å². The van der Waals surface area contributed by atoms with Gasteiger partial charge in [0.25, 0.3) is 0 Å². The molecule has 0 aromatic heterocycles. The molecule has 1 atom stereocenters. The lowest BCUT2D eigenvalue weighted by Gasteiger charge is -2.15. The van der Waals surface area contributed by atoms with Crippen LogP contribution < -0.4 is 4.74 Å². The van der Waals surface area contributed by atoms with Crippen molar-refractivity contribution in [2.45, 2.75) is 32.2 Å². The number of carbonyl (C=O) groups excluding carboxylic acids is 1. The number of ether oxygens (including phenoxy) is 2. The van der Waals surface area contributed by atoms with Gasteiger partial charge in [-0.1, -0.05) is 12.1 Å². The molecule has 23 heavy (non-hydrogen) atoms. The Labute approximate surface area is 129 Å². The smallest absolute Gasteiger partial charge is 0.479 e. The Morgan fingerprint density at radius 2 is 1.96 bits per heavy atom. The lowest BCUT2D eigenvalue weighted by molar-refractivity contribution is -0.274. The number of benzene rings is 1. The van der Waals surface area contributed by atoms with Gasteiger partial charge in [-0.15, -0.1) is 13.2 Å². The molecule has 1 rings (SSSR count). The third kappa shape index (κ3) is 6.15. The molecule has 0 spiro atoms. The number of alkyl halides is 3. The van der Waals surface area contributed by atoms with Crippen LogP contribution in [0.5, 0.6) is 5.75 Å². The van der Waals surface area contributed by atoms with E-state index in [2.05, 4.69) is 9.47 Å². The average Bonchev–Trinajstić information content (AvgIpc) is 2.43. The quantitative estimate of drug-likeness (QED) is 0.742. The van der Waals surface area contributed by atoms with Crippen LogP contribution in [-0.4, -0.2) is 35.1 Å². The molecule has 0 saturated heterocycles. The van der Waals surface area contributed by atoms with Gasteiger partial charge in [0, 0.05) is 6.42 Å². The van der Waals surface area contributed by atoms with Crippen molar-refractivity contribution in [3.63, 3.8) is 0 Å². The minimum atomic E-state index is -4.99. The van der Waals surface area contributed by atoms with E-state index in [-0.39, 0.29) is 30.6 Å². The molecule has 0 aliphatic carbocycles. The number of aliphatic hydroxyl groups is 1. The number of halogens is 3. The SMILES string of the molecule is CCOC(=O)CCc1ccc(C(O)C(=O)O)cc1OC(F)(F)F. The van der Waals surface area contributed by atoms with Crippen LogP contribution in [0, 0.1) is 0 Å². The number of carboxylic acid groups (broad SMARTS) is 1. The number of rotatable bonds is 7. The van der Waals surface area contributed by atoms with Gasteiger partial charge >= 0.3 is 18.3 Å². The third-order valence-electron chi connectivity index (χ3n) is 2.77. The largest absolute Gasteiger partial charge is 0.573 e. The van der Waals surface area contributed by atoms with Gasteiger partial charge in [-0.2, -0.15) is 0 Å². The normalized spacial score (nSPS) is 12.6. The molecular weight excluding hydrogens is 321 g/mol. The molecule has 2 N–H and O–H groups in total. The van der Waals surface area contributed by atoms with Crippen LogP contribution in [0.3, 0.4) is 0 Å². The number of aryl methyl sites for hydroxylation is 1. The van der Waals surface area contributed by atoms with E-state index >= 15 is 0 Å². The van der Waals surface area contributed by atoms with Crippen molar-refractivity contribution in [2.75, 3.05) is 6.61 Å². The third-order valence-corrected chi connectivity index (χ3v) is 2.77. The average molecular weight is 336 g/mol. The van der Waals surface area contributed by atoms with Crippen molar-refractivity contribution >= 4 is 11.9 Å². The summed E-state index contributed by atoms with van der Waals surface area (Å²) in [5.41, 5.74) is -0.228. The van der Waals surface area contributed by atoms with Gasteiger partial charge in [0.05, 0.1) is 6.61 Å². The molecule has 0 bridgehead atoms. The van der Waals surface area contributed by atoms with Gasteiger partial charge in [-0.05, 0) is 30.5 Å². The molecule has 0 fully saturated rings. The molecular formula is C14H15F3O6. The lowest BCUT2D eigenvalue weighted by atomic mass is 10.0. The number of aliphatic carboxylic acids is 1. The highest BCUT2D eigenvalue weighted by molar-refractivity contribution is 5.74. The number of hydrogen-bond acceptors (Lipinski definition) is 5. The second kappa shape index (κ2) is 7.82. The number of carbonyl (C=O) groups is 2. The van der Waals surface area contributed by atoms with Crippen LogP contribution in [0.2, 0.25) is 0 Å². The van der Waals surface area contributed by atoms with E-state index in [1.807, 2.05) is 0 Å². The van der Waals surface area contributed by atoms with E-state index in [4.69, 9.17) is 5.11 Å². The van der Waals surface area contributed by atoms with E-state index in [1.54, 1.807) is 6.92 Å². The van der Waals surface area contributed by atoms with Crippen molar-refractivity contribution in [3.05, 3.63) is 29.3 Å². The maximum atomic E-state index is 12.4.